The van der Waals surface area contributed by atoms with Crippen LogP contribution in [-0.2, 0) is 9.53 Å². The van der Waals surface area contributed by atoms with Crippen LogP contribution in [0.5, 0.6) is 0 Å². The number of carbonyl (C=O) groups is 2. The van der Waals surface area contributed by atoms with Crippen LogP contribution in [0.15, 0.2) is 71.2 Å². The summed E-state index contributed by atoms with van der Waals surface area (Å²) in [4.78, 5) is 25.9. The number of carboxylic acids is 1. The molecule has 0 saturated carbocycles. The molecule has 158 valence electrons. The van der Waals surface area contributed by atoms with Crippen LogP contribution in [0.25, 0.3) is 11.1 Å². The highest BCUT2D eigenvalue weighted by Gasteiger charge is 2.33. The lowest BCUT2D eigenvalue weighted by Crippen LogP contribution is -2.37. The van der Waals surface area contributed by atoms with Gasteiger partial charge in [-0.2, -0.15) is 0 Å². The number of halogens is 2. The molecule has 0 saturated heterocycles. The first-order chi connectivity index (χ1) is 14.9. The van der Waals surface area contributed by atoms with Crippen LogP contribution in [0.1, 0.15) is 28.7 Å². The molecular weight excluding hydrogens is 482 g/mol. The van der Waals surface area contributed by atoms with E-state index in [0.29, 0.717) is 15.1 Å². The first-order valence-electron chi connectivity index (χ1n) is 9.64. The second-order valence-corrected chi connectivity index (χ2v) is 8.61. The van der Waals surface area contributed by atoms with Crippen molar-refractivity contribution in [2.45, 2.75) is 12.0 Å². The van der Waals surface area contributed by atoms with Gasteiger partial charge in [0.25, 0.3) is 0 Å². The van der Waals surface area contributed by atoms with E-state index in [2.05, 4.69) is 28.1 Å². The van der Waals surface area contributed by atoms with Crippen molar-refractivity contribution in [3.63, 3.8) is 0 Å². The van der Waals surface area contributed by atoms with Gasteiger partial charge in [0.2, 0.25) is 0 Å². The maximum atomic E-state index is 12.8. The van der Waals surface area contributed by atoms with Gasteiger partial charge in [0.1, 0.15) is 6.61 Å². The van der Waals surface area contributed by atoms with Crippen molar-refractivity contribution in [1.29, 1.82) is 0 Å². The Labute approximate surface area is 193 Å². The number of rotatable bonds is 5. The van der Waals surface area contributed by atoms with Crippen molar-refractivity contribution in [2.75, 3.05) is 13.7 Å². The van der Waals surface area contributed by atoms with Crippen LogP contribution in [0.4, 0.5) is 4.79 Å². The average Bonchev–Trinajstić information content (AvgIpc) is 3.08. The van der Waals surface area contributed by atoms with Crippen molar-refractivity contribution in [1.82, 2.24) is 4.90 Å². The van der Waals surface area contributed by atoms with Gasteiger partial charge < -0.3 is 9.84 Å². The van der Waals surface area contributed by atoms with Gasteiger partial charge in [0.05, 0.1) is 0 Å². The number of amides is 1. The van der Waals surface area contributed by atoms with Crippen LogP contribution < -0.4 is 0 Å². The number of benzene rings is 3. The Hall–Kier alpha value is -2.83. The lowest BCUT2D eigenvalue weighted by Gasteiger charge is -2.26. The number of aliphatic carboxylic acids is 1. The third-order valence-electron chi connectivity index (χ3n) is 5.50. The zero-order chi connectivity index (χ0) is 22.1. The van der Waals surface area contributed by atoms with E-state index in [-0.39, 0.29) is 12.5 Å². The lowest BCUT2D eigenvalue weighted by molar-refractivity contribution is -0.142. The molecule has 0 spiro atoms. The molecule has 3 aromatic carbocycles. The van der Waals surface area contributed by atoms with E-state index >= 15 is 0 Å². The van der Waals surface area contributed by atoms with Crippen molar-refractivity contribution >= 4 is 39.6 Å². The normalized spacial score (nSPS) is 13.3. The quantitative estimate of drug-likeness (QED) is 0.459. The maximum absolute atomic E-state index is 12.8. The Balaban J connectivity index is 1.56. The highest BCUT2D eigenvalue weighted by molar-refractivity contribution is 9.10. The number of carbonyl (C=O) groups excluding carboxylic acids is 1. The first-order valence-corrected chi connectivity index (χ1v) is 10.8. The van der Waals surface area contributed by atoms with E-state index in [4.69, 9.17) is 16.3 Å². The van der Waals surface area contributed by atoms with E-state index in [1.165, 1.54) is 13.1 Å². The largest absolute Gasteiger partial charge is 0.479 e. The topological polar surface area (TPSA) is 66.8 Å². The van der Waals surface area contributed by atoms with E-state index in [9.17, 15) is 14.7 Å². The lowest BCUT2D eigenvalue weighted by atomic mass is 9.98. The fourth-order valence-electron chi connectivity index (χ4n) is 4.03. The molecule has 1 aliphatic rings. The highest BCUT2D eigenvalue weighted by atomic mass is 79.9. The minimum absolute atomic E-state index is 0.106. The third-order valence-corrected chi connectivity index (χ3v) is 6.46. The van der Waals surface area contributed by atoms with Crippen molar-refractivity contribution < 1.29 is 19.4 Å². The van der Waals surface area contributed by atoms with Gasteiger partial charge in [-0.25, -0.2) is 9.59 Å². The molecular formula is C24H19BrClNO4. The van der Waals surface area contributed by atoms with Crippen LogP contribution >= 0.6 is 27.5 Å². The molecule has 1 atom stereocenters. The molecule has 3 aromatic rings. The van der Waals surface area contributed by atoms with Gasteiger partial charge in [-0.15, -0.1) is 0 Å². The summed E-state index contributed by atoms with van der Waals surface area (Å²) in [7, 11) is 1.41. The SMILES string of the molecule is CN(C(=O)OCC1c2ccccc2-c2ccccc21)C(C(=O)O)c1cc(Cl)ccc1Br. The molecule has 0 aliphatic heterocycles. The Kier molecular flexibility index (Phi) is 6.03. The fourth-order valence-corrected chi connectivity index (χ4v) is 4.68. The molecule has 1 N–H and O–H groups in total. The molecule has 1 unspecified atom stereocenters. The monoisotopic (exact) mass is 499 g/mol. The minimum atomic E-state index is -1.25. The number of fused-ring (bicyclic) bond motifs is 3. The summed E-state index contributed by atoms with van der Waals surface area (Å²) in [6.07, 6.45) is -0.721. The summed E-state index contributed by atoms with van der Waals surface area (Å²) in [6, 6.07) is 19.6. The van der Waals surface area contributed by atoms with Crippen molar-refractivity contribution in [3.8, 4) is 11.1 Å². The standard InChI is InChI=1S/C24H19BrClNO4/c1-27(22(23(28)29)19-12-14(26)10-11-21(19)25)24(30)31-13-20-17-8-4-2-6-15(17)16-7-3-5-9-18(16)20/h2-12,20,22H,13H2,1H3,(H,28,29). The van der Waals surface area contributed by atoms with E-state index < -0.39 is 18.1 Å². The second-order valence-electron chi connectivity index (χ2n) is 7.32. The van der Waals surface area contributed by atoms with E-state index in [1.54, 1.807) is 12.1 Å². The van der Waals surface area contributed by atoms with Gasteiger partial charge in [-0.05, 0) is 40.5 Å². The van der Waals surface area contributed by atoms with Crippen LogP contribution in [0.3, 0.4) is 0 Å². The van der Waals surface area contributed by atoms with E-state index in [1.807, 2.05) is 36.4 Å². The molecule has 0 fully saturated rings. The number of likely N-dealkylation sites (N-methyl/N-ethyl adjacent to an activating group) is 1. The highest BCUT2D eigenvalue weighted by Crippen LogP contribution is 2.44. The fraction of sp³-hybridized carbons (Fsp3) is 0.167. The molecule has 0 bridgehead atoms. The molecule has 1 aliphatic carbocycles. The van der Waals surface area contributed by atoms with Crippen molar-refractivity contribution in [2.24, 2.45) is 0 Å². The van der Waals surface area contributed by atoms with Crippen LogP contribution in [-0.4, -0.2) is 35.7 Å². The molecule has 31 heavy (non-hydrogen) atoms. The summed E-state index contributed by atoms with van der Waals surface area (Å²) in [6.45, 7) is 0.111. The first kappa shape index (κ1) is 21.4. The Morgan fingerprint density at radius 2 is 1.65 bits per heavy atom. The predicted molar refractivity (Wildman–Crippen MR) is 122 cm³/mol. The summed E-state index contributed by atoms with van der Waals surface area (Å²) in [5, 5.41) is 10.2. The second kappa shape index (κ2) is 8.73. The Morgan fingerprint density at radius 1 is 1.06 bits per heavy atom. The van der Waals surface area contributed by atoms with Gasteiger partial charge >= 0.3 is 12.1 Å². The van der Waals surface area contributed by atoms with Gasteiger partial charge in [-0.3, -0.25) is 4.90 Å². The van der Waals surface area contributed by atoms with Gasteiger partial charge in [0.15, 0.2) is 6.04 Å². The zero-order valence-electron chi connectivity index (χ0n) is 16.6. The van der Waals surface area contributed by atoms with Gasteiger partial charge in [0, 0.05) is 28.0 Å². The van der Waals surface area contributed by atoms with Crippen molar-refractivity contribution in [3.05, 3.63) is 92.9 Å². The van der Waals surface area contributed by atoms with Gasteiger partial charge in [-0.1, -0.05) is 76.1 Å². The molecule has 1 amide bonds. The molecule has 0 heterocycles. The summed E-state index contributed by atoms with van der Waals surface area (Å²) in [5.74, 6) is -1.29. The van der Waals surface area contributed by atoms with Crippen LogP contribution in [0.2, 0.25) is 5.02 Å². The molecule has 0 aromatic heterocycles. The number of hydrogen-bond donors (Lipinski definition) is 1. The number of ether oxygens (including phenoxy) is 1. The molecule has 0 radical (unpaired) electrons. The number of hydrogen-bond acceptors (Lipinski definition) is 3. The molecule has 7 heteroatoms. The third kappa shape index (κ3) is 4.05. The molecule has 4 rings (SSSR count). The Morgan fingerprint density at radius 3 is 2.23 bits per heavy atom. The minimum Gasteiger partial charge on any atom is -0.479 e. The average molecular weight is 501 g/mol. The maximum Gasteiger partial charge on any atom is 0.410 e. The predicted octanol–water partition coefficient (Wildman–Crippen LogP) is 6.11. The zero-order valence-corrected chi connectivity index (χ0v) is 18.9. The summed E-state index contributed by atoms with van der Waals surface area (Å²) < 4.78 is 6.14. The van der Waals surface area contributed by atoms with E-state index in [0.717, 1.165) is 27.2 Å². The Bertz CT molecular complexity index is 1120. The number of carboxylic acid groups (broad SMARTS) is 1. The summed E-state index contributed by atoms with van der Waals surface area (Å²) in [5.41, 5.74) is 4.80. The smallest absolute Gasteiger partial charge is 0.410 e. The molecule has 5 nitrogen and oxygen atoms in total. The summed E-state index contributed by atoms with van der Waals surface area (Å²) >= 11 is 9.39. The van der Waals surface area contributed by atoms with Crippen LogP contribution in [0, 0.1) is 0 Å². The number of nitrogens with zero attached hydrogens (tertiary/aromatic N) is 1.